The van der Waals surface area contributed by atoms with Gasteiger partial charge in [0, 0.05) is 0 Å². The summed E-state index contributed by atoms with van der Waals surface area (Å²) in [4.78, 5) is 0. The van der Waals surface area contributed by atoms with E-state index in [0.717, 1.165) is 5.57 Å². The monoisotopic (exact) mass is 270 g/mol. The molecule has 102 valence electrons. The van der Waals surface area contributed by atoms with Gasteiger partial charge in [-0.2, -0.15) is 0 Å². The maximum absolute atomic E-state index is 3.92. The summed E-state index contributed by atoms with van der Waals surface area (Å²) < 4.78 is 0. The molecule has 0 radical (unpaired) electrons. The number of hydrogen-bond acceptors (Lipinski definition) is 0. The lowest BCUT2D eigenvalue weighted by Crippen LogP contribution is -1.82. The van der Waals surface area contributed by atoms with E-state index < -0.39 is 0 Å². The van der Waals surface area contributed by atoms with Crippen LogP contribution in [0.4, 0.5) is 0 Å². The van der Waals surface area contributed by atoms with Crippen LogP contribution in [0.25, 0.3) is 27.1 Å². The highest BCUT2D eigenvalue weighted by molar-refractivity contribution is 5.99. The maximum Gasteiger partial charge on any atom is -0.0171 e. The minimum absolute atomic E-state index is 1.14. The van der Waals surface area contributed by atoms with Gasteiger partial charge in [-0.25, -0.2) is 0 Å². The smallest absolute Gasteiger partial charge is 0.0171 e. The molecule has 0 unspecified atom stereocenters. The van der Waals surface area contributed by atoms with Gasteiger partial charge in [0.1, 0.15) is 0 Å². The molecule has 3 aromatic rings. The van der Waals surface area contributed by atoms with E-state index in [2.05, 4.69) is 67.3 Å². The summed E-state index contributed by atoms with van der Waals surface area (Å²) in [5, 5.41) is 5.09. The molecule has 0 aromatic heterocycles. The quantitative estimate of drug-likeness (QED) is 0.396. The van der Waals surface area contributed by atoms with Crippen LogP contribution in [0.15, 0.2) is 85.5 Å². The van der Waals surface area contributed by atoms with Crippen LogP contribution in [0.5, 0.6) is 0 Å². The summed E-state index contributed by atoms with van der Waals surface area (Å²) >= 11 is 0. The van der Waals surface area contributed by atoms with Crippen molar-refractivity contribution < 1.29 is 0 Å². The third-order valence-corrected chi connectivity index (χ3v) is 3.73. The molecule has 0 aliphatic heterocycles. The molecule has 0 bridgehead atoms. The number of fused-ring (bicyclic) bond motifs is 2. The lowest BCUT2D eigenvalue weighted by atomic mass is 9.98. The lowest BCUT2D eigenvalue weighted by molar-refractivity contribution is 1.66. The van der Waals surface area contributed by atoms with Crippen LogP contribution in [-0.4, -0.2) is 0 Å². The van der Waals surface area contributed by atoms with E-state index >= 15 is 0 Å². The van der Waals surface area contributed by atoms with E-state index in [4.69, 9.17) is 0 Å². The Hall–Kier alpha value is -2.60. The molecular formula is C21H18. The first-order valence-electron chi connectivity index (χ1n) is 7.20. The van der Waals surface area contributed by atoms with E-state index in [1.807, 2.05) is 25.2 Å². The lowest BCUT2D eigenvalue weighted by Gasteiger charge is -2.06. The molecule has 0 aliphatic rings. The minimum atomic E-state index is 1.14. The molecule has 0 nitrogen and oxygen atoms in total. The van der Waals surface area contributed by atoms with Crippen LogP contribution >= 0.6 is 0 Å². The number of hydrogen-bond donors (Lipinski definition) is 0. The summed E-state index contributed by atoms with van der Waals surface area (Å²) in [5.41, 5.74) is 2.34. The van der Waals surface area contributed by atoms with Gasteiger partial charge in [-0.05, 0) is 57.8 Å². The zero-order valence-electron chi connectivity index (χ0n) is 12.2. The van der Waals surface area contributed by atoms with Gasteiger partial charge >= 0.3 is 0 Å². The molecule has 0 amide bonds. The van der Waals surface area contributed by atoms with Gasteiger partial charge in [-0.15, -0.1) is 0 Å². The van der Waals surface area contributed by atoms with Crippen LogP contribution in [0.3, 0.4) is 0 Å². The van der Waals surface area contributed by atoms with Gasteiger partial charge in [0.15, 0.2) is 0 Å². The van der Waals surface area contributed by atoms with Crippen molar-refractivity contribution in [3.05, 3.63) is 91.0 Å². The molecule has 0 aliphatic carbocycles. The van der Waals surface area contributed by atoms with Crippen LogP contribution in [0.2, 0.25) is 0 Å². The van der Waals surface area contributed by atoms with E-state index in [-0.39, 0.29) is 0 Å². The molecular weight excluding hydrogens is 252 g/mol. The van der Waals surface area contributed by atoms with E-state index in [9.17, 15) is 0 Å². The Morgan fingerprint density at radius 1 is 0.857 bits per heavy atom. The number of rotatable bonds is 3. The molecule has 0 saturated heterocycles. The number of allylic oxidation sites excluding steroid dienone is 5. The molecule has 0 saturated carbocycles. The van der Waals surface area contributed by atoms with Crippen molar-refractivity contribution in [1.82, 2.24) is 0 Å². The topological polar surface area (TPSA) is 0 Å². The molecule has 0 N–H and O–H groups in total. The van der Waals surface area contributed by atoms with Gasteiger partial charge in [0.05, 0.1) is 0 Å². The average molecular weight is 270 g/mol. The molecule has 3 aromatic carbocycles. The summed E-state index contributed by atoms with van der Waals surface area (Å²) in [5.74, 6) is 0. The largest absolute Gasteiger partial charge is 0.0984 e. The zero-order chi connectivity index (χ0) is 14.7. The third kappa shape index (κ3) is 2.66. The summed E-state index contributed by atoms with van der Waals surface area (Å²) in [6.45, 7) is 5.94. The van der Waals surface area contributed by atoms with Gasteiger partial charge in [-0.3, -0.25) is 0 Å². The normalized spacial score (nSPS) is 12.3. The molecule has 21 heavy (non-hydrogen) atoms. The summed E-state index contributed by atoms with van der Waals surface area (Å²) in [6.07, 6.45) is 8.07. The fraction of sp³-hybridized carbons (Fsp3) is 0.0476. The Balaban J connectivity index is 2.19. The van der Waals surface area contributed by atoms with E-state index in [0.29, 0.717) is 0 Å². The van der Waals surface area contributed by atoms with Crippen LogP contribution in [0.1, 0.15) is 12.5 Å². The first-order valence-corrected chi connectivity index (χ1v) is 7.20. The van der Waals surface area contributed by atoms with E-state index in [1.54, 1.807) is 0 Å². The fourth-order valence-electron chi connectivity index (χ4n) is 2.60. The summed E-state index contributed by atoms with van der Waals surface area (Å²) in [6, 6.07) is 19.6. The van der Waals surface area contributed by atoms with Gasteiger partial charge in [0.2, 0.25) is 0 Å². The first-order chi connectivity index (χ1) is 10.3. The van der Waals surface area contributed by atoms with Gasteiger partial charge in [0.25, 0.3) is 0 Å². The predicted molar refractivity (Wildman–Crippen MR) is 94.4 cm³/mol. The standard InChI is InChI=1S/C21H18/c1-3-5-8-16(4-2)19-11-12-20-13-17-9-6-7-10-18(17)14-21(20)15-19/h3-15H,2H2,1H3/b5-3-,16-8+. The van der Waals surface area contributed by atoms with Crippen molar-refractivity contribution in [2.24, 2.45) is 0 Å². The highest BCUT2D eigenvalue weighted by Crippen LogP contribution is 2.26. The maximum atomic E-state index is 3.92. The van der Waals surface area contributed by atoms with Crippen LogP contribution in [0, 0.1) is 0 Å². The SMILES string of the molecule is C=C/C(=C\C=C/C)c1ccc2cc3ccccc3cc2c1. The van der Waals surface area contributed by atoms with Crippen molar-refractivity contribution >= 4 is 27.1 Å². The molecule has 0 spiro atoms. The van der Waals surface area contributed by atoms with Crippen LogP contribution in [-0.2, 0) is 0 Å². The summed E-state index contributed by atoms with van der Waals surface area (Å²) in [7, 11) is 0. The Kier molecular flexibility index (Phi) is 3.70. The van der Waals surface area contributed by atoms with Crippen molar-refractivity contribution in [1.29, 1.82) is 0 Å². The highest BCUT2D eigenvalue weighted by atomic mass is 14.1. The second kappa shape index (κ2) is 5.80. The van der Waals surface area contributed by atoms with Crippen molar-refractivity contribution in [3.8, 4) is 0 Å². The Morgan fingerprint density at radius 2 is 1.52 bits per heavy atom. The average Bonchev–Trinajstić information content (AvgIpc) is 2.53. The molecule has 0 fully saturated rings. The van der Waals surface area contributed by atoms with Crippen molar-refractivity contribution in [3.63, 3.8) is 0 Å². The predicted octanol–water partition coefficient (Wildman–Crippen LogP) is 6.14. The third-order valence-electron chi connectivity index (χ3n) is 3.73. The van der Waals surface area contributed by atoms with E-state index in [1.165, 1.54) is 27.1 Å². The molecule has 0 heterocycles. The Labute approximate surface area is 125 Å². The number of benzene rings is 3. The molecule has 0 atom stereocenters. The fourth-order valence-corrected chi connectivity index (χ4v) is 2.60. The second-order valence-electron chi connectivity index (χ2n) is 5.11. The molecule has 0 heteroatoms. The van der Waals surface area contributed by atoms with Crippen molar-refractivity contribution in [2.75, 3.05) is 0 Å². The van der Waals surface area contributed by atoms with Crippen LogP contribution < -0.4 is 0 Å². The molecule has 3 rings (SSSR count). The second-order valence-corrected chi connectivity index (χ2v) is 5.11. The van der Waals surface area contributed by atoms with Gasteiger partial charge < -0.3 is 0 Å². The zero-order valence-corrected chi connectivity index (χ0v) is 12.2. The Bertz CT molecular complexity index is 863. The van der Waals surface area contributed by atoms with Crippen molar-refractivity contribution in [2.45, 2.75) is 6.92 Å². The first kappa shape index (κ1) is 13.4. The Morgan fingerprint density at radius 3 is 2.19 bits per heavy atom. The van der Waals surface area contributed by atoms with Gasteiger partial charge in [-0.1, -0.05) is 67.3 Å². The minimum Gasteiger partial charge on any atom is -0.0984 e. The highest BCUT2D eigenvalue weighted by Gasteiger charge is 2.01.